The summed E-state index contributed by atoms with van der Waals surface area (Å²) >= 11 is 11.9. The largest absolute Gasteiger partial charge is 0.398 e. The molecule has 3 nitrogen and oxygen atoms in total. The molecule has 1 aliphatic rings. The van der Waals surface area contributed by atoms with Crippen LogP contribution in [0.15, 0.2) is 30.3 Å². The van der Waals surface area contributed by atoms with Crippen LogP contribution in [0.2, 0.25) is 10.0 Å². The van der Waals surface area contributed by atoms with E-state index in [-0.39, 0.29) is 5.91 Å². The van der Waals surface area contributed by atoms with Gasteiger partial charge in [-0.15, -0.1) is 0 Å². The number of anilines is 2. The van der Waals surface area contributed by atoms with Crippen LogP contribution in [0.3, 0.4) is 0 Å². The Labute approximate surface area is 120 Å². The fourth-order valence-electron chi connectivity index (χ4n) is 2.20. The van der Waals surface area contributed by atoms with Gasteiger partial charge in [-0.25, -0.2) is 0 Å². The molecule has 0 aromatic heterocycles. The van der Waals surface area contributed by atoms with Crippen LogP contribution in [0.5, 0.6) is 0 Å². The third kappa shape index (κ3) is 2.15. The van der Waals surface area contributed by atoms with Crippen LogP contribution in [-0.2, 0) is 11.2 Å². The Morgan fingerprint density at radius 3 is 2.63 bits per heavy atom. The highest BCUT2D eigenvalue weighted by molar-refractivity contribution is 6.42. The van der Waals surface area contributed by atoms with Crippen molar-refractivity contribution >= 4 is 40.5 Å². The number of nitrogens with one attached hydrogen (secondary N) is 1. The van der Waals surface area contributed by atoms with Crippen molar-refractivity contribution in [3.8, 4) is 11.1 Å². The van der Waals surface area contributed by atoms with Gasteiger partial charge >= 0.3 is 0 Å². The van der Waals surface area contributed by atoms with Crippen LogP contribution in [0.4, 0.5) is 11.4 Å². The van der Waals surface area contributed by atoms with Gasteiger partial charge in [0.25, 0.3) is 0 Å². The number of rotatable bonds is 1. The average Bonchev–Trinajstić information content (AvgIpc) is 2.71. The minimum Gasteiger partial charge on any atom is -0.398 e. The maximum Gasteiger partial charge on any atom is 0.228 e. The molecule has 0 spiro atoms. The smallest absolute Gasteiger partial charge is 0.228 e. The number of nitrogen functional groups attached to an aromatic ring is 1. The number of hydrogen-bond donors (Lipinski definition) is 2. The number of amides is 1. The number of carbonyl (C=O) groups is 1. The van der Waals surface area contributed by atoms with E-state index in [0.29, 0.717) is 22.2 Å². The summed E-state index contributed by atoms with van der Waals surface area (Å²) in [4.78, 5) is 11.4. The van der Waals surface area contributed by atoms with Crippen LogP contribution in [0.1, 0.15) is 5.56 Å². The van der Waals surface area contributed by atoms with Crippen molar-refractivity contribution in [2.45, 2.75) is 6.42 Å². The lowest BCUT2D eigenvalue weighted by molar-refractivity contribution is -0.115. The molecule has 0 radical (unpaired) electrons. The first-order valence-corrected chi connectivity index (χ1v) is 6.48. The van der Waals surface area contributed by atoms with Crippen LogP contribution < -0.4 is 11.1 Å². The van der Waals surface area contributed by atoms with Gasteiger partial charge in [-0.3, -0.25) is 4.79 Å². The minimum atomic E-state index is -0.0133. The highest BCUT2D eigenvalue weighted by atomic mass is 35.5. The van der Waals surface area contributed by atoms with Crippen molar-refractivity contribution in [3.05, 3.63) is 45.9 Å². The molecule has 0 fully saturated rings. The SMILES string of the molecule is Nc1cc2c(cc1-c1ccc(Cl)c(Cl)c1)CC(=O)N2. The van der Waals surface area contributed by atoms with Crippen LogP contribution in [0.25, 0.3) is 11.1 Å². The first kappa shape index (κ1) is 12.3. The molecule has 96 valence electrons. The van der Waals surface area contributed by atoms with Gasteiger partial charge in [-0.2, -0.15) is 0 Å². The number of halogens is 2. The van der Waals surface area contributed by atoms with E-state index in [9.17, 15) is 4.79 Å². The molecule has 19 heavy (non-hydrogen) atoms. The average molecular weight is 293 g/mol. The second kappa shape index (κ2) is 4.44. The predicted molar refractivity (Wildman–Crippen MR) is 78.6 cm³/mol. The first-order chi connectivity index (χ1) is 9.04. The van der Waals surface area contributed by atoms with Crippen molar-refractivity contribution < 1.29 is 4.79 Å². The lowest BCUT2D eigenvalue weighted by Gasteiger charge is -2.10. The Kier molecular flexibility index (Phi) is 2.88. The molecule has 1 amide bonds. The highest BCUT2D eigenvalue weighted by Gasteiger charge is 2.19. The lowest BCUT2D eigenvalue weighted by atomic mass is 10.00. The zero-order chi connectivity index (χ0) is 13.6. The Morgan fingerprint density at radius 1 is 1.11 bits per heavy atom. The maximum absolute atomic E-state index is 11.4. The van der Waals surface area contributed by atoms with Gasteiger partial charge in [0.1, 0.15) is 0 Å². The van der Waals surface area contributed by atoms with Gasteiger partial charge < -0.3 is 11.1 Å². The van der Waals surface area contributed by atoms with E-state index in [1.165, 1.54) is 0 Å². The topological polar surface area (TPSA) is 55.1 Å². The number of fused-ring (bicyclic) bond motifs is 1. The summed E-state index contributed by atoms with van der Waals surface area (Å²) in [5.74, 6) is -0.0133. The molecule has 1 aliphatic heterocycles. The first-order valence-electron chi connectivity index (χ1n) is 5.72. The molecule has 0 unspecified atom stereocenters. The van der Waals surface area contributed by atoms with Gasteiger partial charge in [-0.05, 0) is 35.4 Å². The summed E-state index contributed by atoms with van der Waals surface area (Å²) in [6.07, 6.45) is 0.379. The van der Waals surface area contributed by atoms with E-state index in [4.69, 9.17) is 28.9 Å². The van der Waals surface area contributed by atoms with Gasteiger partial charge in [0, 0.05) is 16.9 Å². The second-order valence-electron chi connectivity index (χ2n) is 4.45. The molecular weight excluding hydrogens is 283 g/mol. The van der Waals surface area contributed by atoms with Crippen molar-refractivity contribution in [1.29, 1.82) is 0 Å². The van der Waals surface area contributed by atoms with Gasteiger partial charge in [0.05, 0.1) is 16.5 Å². The number of benzene rings is 2. The van der Waals surface area contributed by atoms with Gasteiger partial charge in [0.2, 0.25) is 5.91 Å². The second-order valence-corrected chi connectivity index (χ2v) is 5.26. The molecule has 3 rings (SSSR count). The third-order valence-electron chi connectivity index (χ3n) is 3.13. The van der Waals surface area contributed by atoms with Crippen molar-refractivity contribution in [3.63, 3.8) is 0 Å². The molecule has 0 saturated heterocycles. The quantitative estimate of drug-likeness (QED) is 0.787. The molecule has 0 atom stereocenters. The number of nitrogens with two attached hydrogens (primary N) is 1. The molecule has 5 heteroatoms. The van der Waals surface area contributed by atoms with Crippen LogP contribution >= 0.6 is 23.2 Å². The van der Waals surface area contributed by atoms with E-state index >= 15 is 0 Å². The molecule has 0 bridgehead atoms. The fourth-order valence-corrected chi connectivity index (χ4v) is 2.50. The number of hydrogen-bond acceptors (Lipinski definition) is 2. The molecule has 3 N–H and O–H groups in total. The normalized spacial score (nSPS) is 13.3. The van der Waals surface area contributed by atoms with Crippen molar-refractivity contribution in [2.24, 2.45) is 0 Å². The minimum absolute atomic E-state index is 0.0133. The summed E-state index contributed by atoms with van der Waals surface area (Å²) in [5, 5.41) is 3.75. The van der Waals surface area contributed by atoms with Crippen molar-refractivity contribution in [1.82, 2.24) is 0 Å². The summed E-state index contributed by atoms with van der Waals surface area (Å²) < 4.78 is 0. The molecule has 1 heterocycles. The lowest BCUT2D eigenvalue weighted by Crippen LogP contribution is -2.03. The van der Waals surface area contributed by atoms with E-state index in [1.54, 1.807) is 18.2 Å². The molecule has 0 aliphatic carbocycles. The Balaban J connectivity index is 2.13. The fraction of sp³-hybridized carbons (Fsp3) is 0.0714. The van der Waals surface area contributed by atoms with E-state index in [1.807, 2.05) is 12.1 Å². The Bertz CT molecular complexity index is 698. The summed E-state index contributed by atoms with van der Waals surface area (Å²) in [5.41, 5.74) is 10.1. The van der Waals surface area contributed by atoms with E-state index in [0.717, 1.165) is 22.4 Å². The molecule has 2 aromatic rings. The molecular formula is C14H10Cl2N2O. The summed E-state index contributed by atoms with van der Waals surface area (Å²) in [6.45, 7) is 0. The molecule has 2 aromatic carbocycles. The standard InChI is InChI=1S/C14H10Cl2N2O/c15-10-2-1-7(4-11(10)16)9-3-8-5-14(19)18-13(8)6-12(9)17/h1-4,6H,5,17H2,(H,18,19). The predicted octanol–water partition coefficient (Wildman–Crippen LogP) is 3.74. The van der Waals surface area contributed by atoms with E-state index in [2.05, 4.69) is 5.32 Å². The molecule has 0 saturated carbocycles. The van der Waals surface area contributed by atoms with Crippen LogP contribution in [0, 0.1) is 0 Å². The summed E-state index contributed by atoms with van der Waals surface area (Å²) in [6, 6.07) is 9.05. The van der Waals surface area contributed by atoms with Crippen molar-refractivity contribution in [2.75, 3.05) is 11.1 Å². The van der Waals surface area contributed by atoms with Gasteiger partial charge in [-0.1, -0.05) is 29.3 Å². The Hall–Kier alpha value is -1.71. The van der Waals surface area contributed by atoms with Gasteiger partial charge in [0.15, 0.2) is 0 Å². The number of carbonyl (C=O) groups excluding carboxylic acids is 1. The third-order valence-corrected chi connectivity index (χ3v) is 3.87. The monoisotopic (exact) mass is 292 g/mol. The highest BCUT2D eigenvalue weighted by Crippen LogP contribution is 2.36. The Morgan fingerprint density at radius 2 is 1.89 bits per heavy atom. The maximum atomic E-state index is 11.4. The van der Waals surface area contributed by atoms with Crippen LogP contribution in [-0.4, -0.2) is 5.91 Å². The summed E-state index contributed by atoms with van der Waals surface area (Å²) in [7, 11) is 0. The van der Waals surface area contributed by atoms with E-state index < -0.39 is 0 Å². The zero-order valence-electron chi connectivity index (χ0n) is 9.84. The zero-order valence-corrected chi connectivity index (χ0v) is 11.3.